The van der Waals surface area contributed by atoms with Crippen LogP contribution in [-0.2, 0) is 14.3 Å². The number of carbonyl (C=O) groups is 2. The first-order chi connectivity index (χ1) is 9.51. The maximum absolute atomic E-state index is 11.9. The second-order valence-corrected chi connectivity index (χ2v) is 7.51. The number of aliphatic carboxylic acids is 1. The fourth-order valence-electron chi connectivity index (χ4n) is 2.19. The van der Waals surface area contributed by atoms with Crippen LogP contribution >= 0.6 is 23.5 Å². The van der Waals surface area contributed by atoms with Crippen molar-refractivity contribution >= 4 is 35.4 Å². The number of carboxylic acid groups (broad SMARTS) is 1. The number of thioether (sulfide) groups is 2. The largest absolute Gasteiger partial charge is 0.477 e. The fraction of sp³-hybridized carbons (Fsp3) is 0.667. The highest BCUT2D eigenvalue weighted by atomic mass is 32.2. The molecule has 0 aromatic rings. The number of amides is 1. The molecule has 0 spiro atoms. The maximum Gasteiger partial charge on any atom is 0.354 e. The molecule has 2 aliphatic rings. The molecule has 0 aromatic carbocycles. The molecule has 8 heteroatoms. The van der Waals surface area contributed by atoms with E-state index in [0.717, 1.165) is 12.8 Å². The molecule has 3 atom stereocenters. The first-order valence-corrected chi connectivity index (χ1v) is 8.14. The van der Waals surface area contributed by atoms with Crippen molar-refractivity contribution in [2.45, 2.75) is 36.5 Å². The van der Waals surface area contributed by atoms with Crippen molar-refractivity contribution in [1.82, 2.24) is 4.90 Å². The van der Waals surface area contributed by atoms with Gasteiger partial charge in [0.15, 0.2) is 11.8 Å². The molecule has 112 valence electrons. The third kappa shape index (κ3) is 2.69. The Morgan fingerprint density at radius 2 is 2.35 bits per heavy atom. The topological polar surface area (TPSA) is 92.9 Å². The summed E-state index contributed by atoms with van der Waals surface area (Å²) in [5.41, 5.74) is 5.58. The standard InChI is InChI=1S/C12H18N2O4S2/c1-6(4-3-5-13)19-12-7(11(16)17)14-9(15)8(18-2)10(14)20-12/h6,8,10H,3-5,13H2,1-2H3,(H,16,17)/t6?,8?,10-/m1/s1. The molecule has 2 unspecified atom stereocenters. The smallest absolute Gasteiger partial charge is 0.354 e. The Balaban J connectivity index is 2.11. The van der Waals surface area contributed by atoms with E-state index in [9.17, 15) is 14.7 Å². The van der Waals surface area contributed by atoms with Gasteiger partial charge >= 0.3 is 5.97 Å². The summed E-state index contributed by atoms with van der Waals surface area (Å²) in [6.07, 6.45) is 1.29. The Hall–Kier alpha value is -0.700. The minimum Gasteiger partial charge on any atom is -0.477 e. The van der Waals surface area contributed by atoms with Gasteiger partial charge in [0.25, 0.3) is 5.91 Å². The number of β-lactam (4-membered cyclic amide) rings is 1. The summed E-state index contributed by atoms with van der Waals surface area (Å²) in [5.74, 6) is -1.33. The van der Waals surface area contributed by atoms with Crippen LogP contribution in [0, 0.1) is 0 Å². The molecule has 0 radical (unpaired) electrons. The molecule has 0 aromatic heterocycles. The number of hydrogen-bond acceptors (Lipinski definition) is 6. The van der Waals surface area contributed by atoms with Crippen LogP contribution in [0.3, 0.4) is 0 Å². The number of nitrogens with zero attached hydrogens (tertiary/aromatic N) is 1. The first-order valence-electron chi connectivity index (χ1n) is 6.38. The normalized spacial score (nSPS) is 26.6. The van der Waals surface area contributed by atoms with Gasteiger partial charge in [-0.25, -0.2) is 4.79 Å². The van der Waals surface area contributed by atoms with Crippen molar-refractivity contribution in [3.05, 3.63) is 9.93 Å². The summed E-state index contributed by atoms with van der Waals surface area (Å²) in [4.78, 5) is 24.6. The summed E-state index contributed by atoms with van der Waals surface area (Å²) in [6, 6.07) is 0. The summed E-state index contributed by atoms with van der Waals surface area (Å²) in [7, 11) is 1.47. The van der Waals surface area contributed by atoms with Crippen molar-refractivity contribution in [1.29, 1.82) is 0 Å². The third-order valence-electron chi connectivity index (χ3n) is 3.24. The van der Waals surface area contributed by atoms with Crippen molar-refractivity contribution in [3.8, 4) is 0 Å². The van der Waals surface area contributed by atoms with Crippen molar-refractivity contribution in [3.63, 3.8) is 0 Å². The zero-order valence-electron chi connectivity index (χ0n) is 11.4. The summed E-state index contributed by atoms with van der Waals surface area (Å²) >= 11 is 2.91. The predicted molar refractivity (Wildman–Crippen MR) is 79.0 cm³/mol. The van der Waals surface area contributed by atoms with Crippen LogP contribution in [0.15, 0.2) is 9.93 Å². The number of hydrogen-bond donors (Lipinski definition) is 2. The molecule has 20 heavy (non-hydrogen) atoms. The predicted octanol–water partition coefficient (Wildman–Crippen LogP) is 1.03. The summed E-state index contributed by atoms with van der Waals surface area (Å²) < 4.78 is 5.80. The van der Waals surface area contributed by atoms with Gasteiger partial charge in [0, 0.05) is 12.4 Å². The third-order valence-corrected chi connectivity index (χ3v) is 5.97. The number of carbonyl (C=O) groups excluding carboxylic acids is 1. The minimum absolute atomic E-state index is 0.0999. The highest BCUT2D eigenvalue weighted by Crippen LogP contribution is 2.52. The average Bonchev–Trinajstić information content (AvgIpc) is 2.72. The first kappa shape index (κ1) is 15.7. The second kappa shape index (κ2) is 6.38. The van der Waals surface area contributed by atoms with Gasteiger partial charge in [-0.3, -0.25) is 9.69 Å². The van der Waals surface area contributed by atoms with Crippen LogP contribution in [-0.4, -0.2) is 52.3 Å². The highest BCUT2D eigenvalue weighted by molar-refractivity contribution is 8.23. The van der Waals surface area contributed by atoms with Crippen molar-refractivity contribution in [2.24, 2.45) is 5.73 Å². The lowest BCUT2D eigenvalue weighted by Crippen LogP contribution is -2.61. The number of fused-ring (bicyclic) bond motifs is 1. The Kier molecular flexibility index (Phi) is 5.00. The highest BCUT2D eigenvalue weighted by Gasteiger charge is 2.56. The van der Waals surface area contributed by atoms with Crippen molar-refractivity contribution in [2.75, 3.05) is 13.7 Å². The second-order valence-electron chi connectivity index (χ2n) is 4.67. The molecular weight excluding hydrogens is 300 g/mol. The molecule has 2 aliphatic heterocycles. The minimum atomic E-state index is -1.06. The van der Waals surface area contributed by atoms with E-state index in [-0.39, 0.29) is 22.2 Å². The lowest BCUT2D eigenvalue weighted by Gasteiger charge is -2.40. The summed E-state index contributed by atoms with van der Waals surface area (Å²) in [5, 5.41) is 9.37. The van der Waals surface area contributed by atoms with Crippen LogP contribution in [0.5, 0.6) is 0 Å². The molecule has 1 amide bonds. The molecule has 0 saturated carbocycles. The molecule has 1 fully saturated rings. The van der Waals surface area contributed by atoms with Gasteiger partial charge in [0.1, 0.15) is 5.37 Å². The average molecular weight is 318 g/mol. The molecule has 3 N–H and O–H groups in total. The van der Waals surface area contributed by atoms with Gasteiger partial charge in [0.2, 0.25) is 0 Å². The number of rotatable bonds is 7. The van der Waals surface area contributed by atoms with E-state index in [1.54, 1.807) is 0 Å². The van der Waals surface area contributed by atoms with E-state index < -0.39 is 12.1 Å². The van der Waals surface area contributed by atoms with Crippen LogP contribution in [0.25, 0.3) is 0 Å². The van der Waals surface area contributed by atoms with Crippen LogP contribution in [0.4, 0.5) is 0 Å². The lowest BCUT2D eigenvalue weighted by atomic mass is 10.1. The number of carboxylic acids is 1. The Morgan fingerprint density at radius 3 is 2.90 bits per heavy atom. The molecule has 2 rings (SSSR count). The zero-order valence-corrected chi connectivity index (χ0v) is 13.0. The van der Waals surface area contributed by atoms with Gasteiger partial charge in [-0.2, -0.15) is 0 Å². The lowest BCUT2D eigenvalue weighted by molar-refractivity contribution is -0.161. The number of methoxy groups -OCH3 is 1. The quantitative estimate of drug-likeness (QED) is 0.677. The van der Waals surface area contributed by atoms with E-state index in [1.165, 1.54) is 35.5 Å². The van der Waals surface area contributed by atoms with Crippen LogP contribution in [0.1, 0.15) is 19.8 Å². The molecule has 2 heterocycles. The van der Waals surface area contributed by atoms with Gasteiger partial charge in [-0.05, 0) is 19.4 Å². The molecule has 6 nitrogen and oxygen atoms in total. The molecule has 0 aliphatic carbocycles. The Labute approximate surface area is 126 Å². The molecular formula is C12H18N2O4S2. The maximum atomic E-state index is 11.9. The fourth-order valence-corrected chi connectivity index (χ4v) is 5.33. The van der Waals surface area contributed by atoms with E-state index >= 15 is 0 Å². The Bertz CT molecular complexity index is 455. The van der Waals surface area contributed by atoms with Crippen LogP contribution in [0.2, 0.25) is 0 Å². The molecule has 0 bridgehead atoms. The van der Waals surface area contributed by atoms with Crippen LogP contribution < -0.4 is 5.73 Å². The van der Waals surface area contributed by atoms with Gasteiger partial charge in [-0.15, -0.1) is 11.8 Å². The summed E-state index contributed by atoms with van der Waals surface area (Å²) in [6.45, 7) is 2.67. The van der Waals surface area contributed by atoms with Crippen molar-refractivity contribution < 1.29 is 19.4 Å². The Morgan fingerprint density at radius 1 is 1.65 bits per heavy atom. The van der Waals surface area contributed by atoms with E-state index in [1.807, 2.05) is 6.92 Å². The molecule has 1 saturated heterocycles. The van der Waals surface area contributed by atoms with E-state index in [2.05, 4.69) is 0 Å². The van der Waals surface area contributed by atoms with Gasteiger partial charge in [0.05, 0.1) is 4.24 Å². The monoisotopic (exact) mass is 318 g/mol. The van der Waals surface area contributed by atoms with E-state index in [4.69, 9.17) is 10.5 Å². The van der Waals surface area contributed by atoms with E-state index in [0.29, 0.717) is 10.8 Å². The van der Waals surface area contributed by atoms with Gasteiger partial charge in [-0.1, -0.05) is 18.7 Å². The zero-order chi connectivity index (χ0) is 14.9. The number of ether oxygens (including phenoxy) is 1. The number of nitrogens with two attached hydrogens (primary N) is 1. The SMILES string of the molecule is COC1C(=O)N2C(C(=O)O)=C(SC(C)CCCN)S[C@H]12. The van der Waals surface area contributed by atoms with Gasteiger partial charge < -0.3 is 15.6 Å².